The van der Waals surface area contributed by atoms with E-state index in [1.54, 1.807) is 6.07 Å². The lowest BCUT2D eigenvalue weighted by Gasteiger charge is -2.06. The number of hydrogen-bond acceptors (Lipinski definition) is 3. The number of benzene rings is 1. The summed E-state index contributed by atoms with van der Waals surface area (Å²) in [5.41, 5.74) is 0.876. The Balaban J connectivity index is 2.27. The maximum atomic E-state index is 13.0. The van der Waals surface area contributed by atoms with E-state index in [0.29, 0.717) is 18.7 Å². The smallest absolute Gasteiger partial charge is 0.261 e. The quantitative estimate of drug-likeness (QED) is 0.761. The van der Waals surface area contributed by atoms with Crippen molar-refractivity contribution in [3.8, 4) is 6.07 Å². The molecule has 0 aromatic heterocycles. The second-order valence-corrected chi connectivity index (χ2v) is 3.60. The normalized spacial score (nSPS) is 10.6. The van der Waals surface area contributed by atoms with Gasteiger partial charge in [-0.15, -0.1) is 0 Å². The Morgan fingerprint density at radius 3 is 2.78 bits per heavy atom. The van der Waals surface area contributed by atoms with Crippen molar-refractivity contribution < 1.29 is 17.9 Å². The van der Waals surface area contributed by atoms with Crippen molar-refractivity contribution in [2.45, 2.75) is 13.0 Å². The van der Waals surface area contributed by atoms with Crippen LogP contribution in [0, 0.1) is 17.1 Å². The summed E-state index contributed by atoms with van der Waals surface area (Å²) in [6, 6.07) is 5.88. The van der Waals surface area contributed by atoms with E-state index in [2.05, 4.69) is 10.1 Å². The first kappa shape index (κ1) is 14.5. The molecule has 0 saturated carbocycles. The molecule has 0 bridgehead atoms. The lowest BCUT2D eigenvalue weighted by Crippen LogP contribution is -2.20. The molecule has 0 aliphatic rings. The monoisotopic (exact) mass is 258 g/mol. The Morgan fingerprint density at radius 1 is 1.33 bits per heavy atom. The average Bonchev–Trinajstić information content (AvgIpc) is 2.32. The summed E-state index contributed by atoms with van der Waals surface area (Å²) < 4.78 is 41.1. The predicted octanol–water partition coefficient (Wildman–Crippen LogP) is 2.07. The molecule has 0 spiro atoms. The van der Waals surface area contributed by atoms with Crippen LogP contribution in [0.4, 0.5) is 13.2 Å². The second-order valence-electron chi connectivity index (χ2n) is 3.60. The lowest BCUT2D eigenvalue weighted by molar-refractivity contribution is 0.0187. The van der Waals surface area contributed by atoms with Gasteiger partial charge >= 0.3 is 0 Å². The van der Waals surface area contributed by atoms with Gasteiger partial charge in [-0.2, -0.15) is 5.26 Å². The fourth-order valence-electron chi connectivity index (χ4n) is 1.37. The third kappa shape index (κ3) is 5.66. The van der Waals surface area contributed by atoms with E-state index in [1.165, 1.54) is 6.07 Å². The van der Waals surface area contributed by atoms with Gasteiger partial charge in [0.25, 0.3) is 6.43 Å². The molecule has 0 fully saturated rings. The first-order chi connectivity index (χ1) is 8.61. The SMILES string of the molecule is N#Cc1cc(F)cc(CNCCOCC(F)F)c1. The molecule has 0 heterocycles. The molecule has 0 aliphatic carbocycles. The zero-order valence-electron chi connectivity index (χ0n) is 9.63. The van der Waals surface area contributed by atoms with Crippen LogP contribution in [0.25, 0.3) is 0 Å². The van der Waals surface area contributed by atoms with E-state index in [4.69, 9.17) is 5.26 Å². The molecule has 0 saturated heterocycles. The van der Waals surface area contributed by atoms with Gasteiger partial charge < -0.3 is 10.1 Å². The van der Waals surface area contributed by atoms with Gasteiger partial charge in [0.2, 0.25) is 0 Å². The number of alkyl halides is 2. The molecule has 3 nitrogen and oxygen atoms in total. The van der Waals surface area contributed by atoms with Crippen molar-refractivity contribution in [3.63, 3.8) is 0 Å². The van der Waals surface area contributed by atoms with E-state index in [0.717, 1.165) is 6.07 Å². The third-order valence-corrected chi connectivity index (χ3v) is 2.08. The minimum Gasteiger partial charge on any atom is -0.374 e. The zero-order valence-corrected chi connectivity index (χ0v) is 9.63. The van der Waals surface area contributed by atoms with Crippen LogP contribution >= 0.6 is 0 Å². The Morgan fingerprint density at radius 2 is 2.11 bits per heavy atom. The second kappa shape index (κ2) is 7.69. The first-order valence-electron chi connectivity index (χ1n) is 5.38. The standard InChI is InChI=1S/C12H13F3N2O/c13-11-4-9(6-16)3-10(5-11)7-17-1-2-18-8-12(14)15/h3-5,12,17H,1-2,7-8H2. The maximum absolute atomic E-state index is 13.0. The summed E-state index contributed by atoms with van der Waals surface area (Å²) >= 11 is 0. The molecule has 1 rings (SSSR count). The number of nitrogens with zero attached hydrogens (tertiary/aromatic N) is 1. The number of rotatable bonds is 7. The topological polar surface area (TPSA) is 45.0 Å². The Kier molecular flexibility index (Phi) is 6.19. The third-order valence-electron chi connectivity index (χ3n) is 2.08. The number of nitriles is 1. The molecule has 0 radical (unpaired) electrons. The lowest BCUT2D eigenvalue weighted by atomic mass is 10.1. The van der Waals surface area contributed by atoms with Crippen LogP contribution in [-0.4, -0.2) is 26.2 Å². The van der Waals surface area contributed by atoms with Crippen LogP contribution in [0.15, 0.2) is 18.2 Å². The fraction of sp³-hybridized carbons (Fsp3) is 0.417. The highest BCUT2D eigenvalue weighted by Gasteiger charge is 2.02. The van der Waals surface area contributed by atoms with Crippen molar-refractivity contribution in [2.75, 3.05) is 19.8 Å². The van der Waals surface area contributed by atoms with Crippen molar-refractivity contribution in [3.05, 3.63) is 35.1 Å². The summed E-state index contributed by atoms with van der Waals surface area (Å²) in [7, 11) is 0. The molecule has 98 valence electrons. The van der Waals surface area contributed by atoms with Gasteiger partial charge in [-0.25, -0.2) is 13.2 Å². The van der Waals surface area contributed by atoms with Crippen molar-refractivity contribution in [1.29, 1.82) is 5.26 Å². The van der Waals surface area contributed by atoms with Crippen molar-refractivity contribution >= 4 is 0 Å². The van der Waals surface area contributed by atoms with E-state index in [-0.39, 0.29) is 12.2 Å². The molecule has 0 atom stereocenters. The van der Waals surface area contributed by atoms with E-state index in [1.807, 2.05) is 6.07 Å². The minimum atomic E-state index is -2.47. The van der Waals surface area contributed by atoms with Crippen LogP contribution in [0.2, 0.25) is 0 Å². The molecule has 18 heavy (non-hydrogen) atoms. The number of hydrogen-bond donors (Lipinski definition) is 1. The summed E-state index contributed by atoms with van der Waals surface area (Å²) in [5.74, 6) is -0.472. The van der Waals surface area contributed by atoms with Crippen LogP contribution < -0.4 is 5.32 Å². The molecule has 6 heteroatoms. The zero-order chi connectivity index (χ0) is 13.4. The summed E-state index contributed by atoms with van der Waals surface area (Å²) in [6.07, 6.45) is -2.47. The van der Waals surface area contributed by atoms with Gasteiger partial charge in [0.1, 0.15) is 12.4 Å². The van der Waals surface area contributed by atoms with Crippen LogP contribution in [0.3, 0.4) is 0 Å². The van der Waals surface area contributed by atoms with Crippen molar-refractivity contribution in [2.24, 2.45) is 0 Å². The Bertz CT molecular complexity index is 418. The fourth-order valence-corrected chi connectivity index (χ4v) is 1.37. The number of nitrogens with one attached hydrogen (secondary N) is 1. The maximum Gasteiger partial charge on any atom is 0.261 e. The first-order valence-corrected chi connectivity index (χ1v) is 5.38. The van der Waals surface area contributed by atoms with Gasteiger partial charge in [-0.3, -0.25) is 0 Å². The molecule has 0 amide bonds. The molecule has 1 aromatic carbocycles. The average molecular weight is 258 g/mol. The molecular weight excluding hydrogens is 245 g/mol. The van der Waals surface area contributed by atoms with Crippen LogP contribution in [0.1, 0.15) is 11.1 Å². The molecule has 1 aromatic rings. The molecule has 0 aliphatic heterocycles. The van der Waals surface area contributed by atoms with E-state index >= 15 is 0 Å². The van der Waals surface area contributed by atoms with Gasteiger partial charge in [0.15, 0.2) is 0 Å². The molecular formula is C12H13F3N2O. The Hall–Kier alpha value is -1.58. The number of ether oxygens (including phenoxy) is 1. The summed E-state index contributed by atoms with van der Waals surface area (Å²) in [4.78, 5) is 0. The highest BCUT2D eigenvalue weighted by molar-refractivity contribution is 5.33. The van der Waals surface area contributed by atoms with Crippen molar-refractivity contribution in [1.82, 2.24) is 5.32 Å². The van der Waals surface area contributed by atoms with Gasteiger partial charge in [0, 0.05) is 13.1 Å². The molecule has 0 unspecified atom stereocenters. The van der Waals surface area contributed by atoms with Gasteiger partial charge in [0.05, 0.1) is 18.2 Å². The predicted molar refractivity (Wildman–Crippen MR) is 59.6 cm³/mol. The summed E-state index contributed by atoms with van der Waals surface area (Å²) in [6.45, 7) is 0.306. The van der Waals surface area contributed by atoms with E-state index in [9.17, 15) is 13.2 Å². The van der Waals surface area contributed by atoms with Crippen LogP contribution in [-0.2, 0) is 11.3 Å². The molecule has 1 N–H and O–H groups in total. The highest BCUT2D eigenvalue weighted by Crippen LogP contribution is 2.08. The van der Waals surface area contributed by atoms with Gasteiger partial charge in [-0.05, 0) is 23.8 Å². The largest absolute Gasteiger partial charge is 0.374 e. The van der Waals surface area contributed by atoms with E-state index < -0.39 is 18.8 Å². The van der Waals surface area contributed by atoms with Crippen LogP contribution in [0.5, 0.6) is 0 Å². The number of halogens is 3. The van der Waals surface area contributed by atoms with Gasteiger partial charge in [-0.1, -0.05) is 0 Å². The highest BCUT2D eigenvalue weighted by atomic mass is 19.3. The Labute approximate surface area is 103 Å². The summed E-state index contributed by atoms with van der Waals surface area (Å²) in [5, 5.41) is 11.6. The minimum absolute atomic E-state index is 0.158.